The Morgan fingerprint density at radius 1 is 1.30 bits per heavy atom. The maximum atomic E-state index is 5.19. The van der Waals surface area contributed by atoms with Gasteiger partial charge in [-0.05, 0) is 36.8 Å². The van der Waals surface area contributed by atoms with Crippen LogP contribution in [0.4, 0.5) is 5.69 Å². The van der Waals surface area contributed by atoms with Crippen LogP contribution in [0.25, 0.3) is 11.5 Å². The molecular weight excluding hydrogens is 254 g/mol. The van der Waals surface area contributed by atoms with Gasteiger partial charge in [0.1, 0.15) is 0 Å². The van der Waals surface area contributed by atoms with Gasteiger partial charge in [0, 0.05) is 24.5 Å². The van der Waals surface area contributed by atoms with Crippen LogP contribution in [-0.4, -0.2) is 20.0 Å². The molecule has 0 aliphatic heterocycles. The molecule has 2 heterocycles. The highest BCUT2D eigenvalue weighted by atomic mass is 16.4. The summed E-state index contributed by atoms with van der Waals surface area (Å²) >= 11 is 0. The molecule has 2 aromatic heterocycles. The fraction of sp³-hybridized carbons (Fsp3) is 0.214. The molecule has 0 unspecified atom stereocenters. The lowest BCUT2D eigenvalue weighted by Crippen LogP contribution is -2.06. The van der Waals surface area contributed by atoms with Crippen molar-refractivity contribution >= 4 is 5.69 Å². The third kappa shape index (κ3) is 2.40. The number of hydrogen-bond acceptors (Lipinski definition) is 5. The molecule has 3 rings (SSSR count). The van der Waals surface area contributed by atoms with E-state index < -0.39 is 0 Å². The van der Waals surface area contributed by atoms with Gasteiger partial charge in [-0.25, -0.2) is 0 Å². The van der Waals surface area contributed by atoms with E-state index >= 15 is 0 Å². The maximum Gasteiger partial charge on any atom is 0.247 e. The average molecular weight is 269 g/mol. The van der Waals surface area contributed by atoms with Crippen LogP contribution in [0.3, 0.4) is 0 Å². The zero-order valence-corrected chi connectivity index (χ0v) is 11.4. The van der Waals surface area contributed by atoms with Crippen molar-refractivity contribution in [1.29, 1.82) is 0 Å². The predicted octanol–water partition coefficient (Wildman–Crippen LogP) is 2.39. The van der Waals surface area contributed by atoms with Gasteiger partial charge in [-0.15, -0.1) is 10.2 Å². The van der Waals surface area contributed by atoms with Crippen LogP contribution in [0.1, 0.15) is 11.3 Å². The van der Waals surface area contributed by atoms with Crippen molar-refractivity contribution in [2.24, 2.45) is 7.05 Å². The third-order valence-electron chi connectivity index (χ3n) is 3.22. The van der Waals surface area contributed by atoms with Gasteiger partial charge in [-0.1, -0.05) is 0 Å². The Morgan fingerprint density at radius 2 is 2.20 bits per heavy atom. The van der Waals surface area contributed by atoms with E-state index in [0.29, 0.717) is 5.89 Å². The number of benzene rings is 1. The Morgan fingerprint density at radius 3 is 2.85 bits per heavy atom. The molecule has 0 saturated heterocycles. The summed E-state index contributed by atoms with van der Waals surface area (Å²) < 4.78 is 7.05. The standard InChI is InChI=1S/C14H15N5O/c1-10-7-11(14-18-16-9-20-14)3-4-13(10)15-8-12-5-6-17-19(12)2/h3-7,9,15H,8H2,1-2H3. The van der Waals surface area contributed by atoms with Crippen molar-refractivity contribution in [1.82, 2.24) is 20.0 Å². The van der Waals surface area contributed by atoms with Gasteiger partial charge < -0.3 is 9.73 Å². The van der Waals surface area contributed by atoms with Crippen molar-refractivity contribution < 1.29 is 4.42 Å². The molecule has 102 valence electrons. The first kappa shape index (κ1) is 12.4. The molecule has 6 heteroatoms. The second-order valence-electron chi connectivity index (χ2n) is 4.57. The monoisotopic (exact) mass is 269 g/mol. The smallest absolute Gasteiger partial charge is 0.247 e. The summed E-state index contributed by atoms with van der Waals surface area (Å²) in [6, 6.07) is 8.01. The predicted molar refractivity (Wildman–Crippen MR) is 75.0 cm³/mol. The number of hydrogen-bond donors (Lipinski definition) is 1. The summed E-state index contributed by atoms with van der Waals surface area (Å²) in [6.45, 7) is 2.78. The number of rotatable bonds is 4. The molecule has 0 bridgehead atoms. The van der Waals surface area contributed by atoms with Gasteiger partial charge in [0.05, 0.1) is 12.2 Å². The summed E-state index contributed by atoms with van der Waals surface area (Å²) in [7, 11) is 1.93. The Bertz CT molecular complexity index is 702. The van der Waals surface area contributed by atoms with Crippen LogP contribution < -0.4 is 5.32 Å². The zero-order valence-electron chi connectivity index (χ0n) is 11.4. The first-order valence-electron chi connectivity index (χ1n) is 6.32. The third-order valence-corrected chi connectivity index (χ3v) is 3.22. The second kappa shape index (κ2) is 5.16. The molecule has 1 N–H and O–H groups in total. The Balaban J connectivity index is 1.76. The van der Waals surface area contributed by atoms with E-state index in [9.17, 15) is 0 Å². The number of anilines is 1. The van der Waals surface area contributed by atoms with Gasteiger partial charge in [0.15, 0.2) is 0 Å². The van der Waals surface area contributed by atoms with Crippen LogP contribution in [0.2, 0.25) is 0 Å². The summed E-state index contributed by atoms with van der Waals surface area (Å²) in [5, 5.41) is 15.1. The molecule has 0 aliphatic rings. The highest BCUT2D eigenvalue weighted by molar-refractivity contribution is 5.62. The van der Waals surface area contributed by atoms with Gasteiger partial charge in [0.25, 0.3) is 0 Å². The molecule has 0 atom stereocenters. The number of nitrogens with one attached hydrogen (secondary N) is 1. The molecule has 1 aromatic carbocycles. The Hall–Kier alpha value is -2.63. The topological polar surface area (TPSA) is 68.8 Å². The molecule has 0 spiro atoms. The fourth-order valence-electron chi connectivity index (χ4n) is 2.05. The molecule has 0 saturated carbocycles. The van der Waals surface area contributed by atoms with Gasteiger partial charge in [0.2, 0.25) is 12.3 Å². The molecular formula is C14H15N5O. The first-order valence-corrected chi connectivity index (χ1v) is 6.32. The second-order valence-corrected chi connectivity index (χ2v) is 4.57. The van der Waals surface area contributed by atoms with Crippen LogP contribution in [0.5, 0.6) is 0 Å². The summed E-state index contributed by atoms with van der Waals surface area (Å²) in [5.41, 5.74) is 4.26. The lowest BCUT2D eigenvalue weighted by molar-refractivity contribution is 0.568. The van der Waals surface area contributed by atoms with E-state index in [-0.39, 0.29) is 0 Å². The maximum absolute atomic E-state index is 5.19. The van der Waals surface area contributed by atoms with Crippen LogP contribution in [0.15, 0.2) is 41.3 Å². The molecule has 0 radical (unpaired) electrons. The van der Waals surface area contributed by atoms with E-state index in [1.165, 1.54) is 6.39 Å². The first-order chi connectivity index (χ1) is 9.74. The van der Waals surface area contributed by atoms with E-state index in [2.05, 4.69) is 20.6 Å². The number of aryl methyl sites for hydroxylation is 2. The minimum Gasteiger partial charge on any atom is -0.423 e. The van der Waals surface area contributed by atoms with Crippen molar-refractivity contribution in [3.8, 4) is 11.5 Å². The van der Waals surface area contributed by atoms with E-state index in [4.69, 9.17) is 4.42 Å². The largest absolute Gasteiger partial charge is 0.423 e. The highest BCUT2D eigenvalue weighted by Crippen LogP contribution is 2.23. The highest BCUT2D eigenvalue weighted by Gasteiger charge is 2.06. The zero-order chi connectivity index (χ0) is 13.9. The van der Waals surface area contributed by atoms with E-state index in [1.54, 1.807) is 6.20 Å². The Labute approximate surface area is 116 Å². The molecule has 0 amide bonds. The van der Waals surface area contributed by atoms with Crippen LogP contribution in [0, 0.1) is 6.92 Å². The lowest BCUT2D eigenvalue weighted by atomic mass is 10.1. The minimum absolute atomic E-state index is 0.534. The molecule has 3 aromatic rings. The van der Waals surface area contributed by atoms with E-state index in [0.717, 1.165) is 29.1 Å². The minimum atomic E-state index is 0.534. The van der Waals surface area contributed by atoms with Crippen molar-refractivity contribution in [2.75, 3.05) is 5.32 Å². The quantitative estimate of drug-likeness (QED) is 0.787. The summed E-state index contributed by atoms with van der Waals surface area (Å²) in [4.78, 5) is 0. The summed E-state index contributed by atoms with van der Waals surface area (Å²) in [6.07, 6.45) is 3.13. The number of nitrogens with zero attached hydrogens (tertiary/aromatic N) is 4. The molecule has 20 heavy (non-hydrogen) atoms. The average Bonchev–Trinajstić information content (AvgIpc) is 3.09. The molecule has 6 nitrogen and oxygen atoms in total. The van der Waals surface area contributed by atoms with Gasteiger partial charge >= 0.3 is 0 Å². The van der Waals surface area contributed by atoms with Crippen LogP contribution in [-0.2, 0) is 13.6 Å². The summed E-state index contributed by atoms with van der Waals surface area (Å²) in [5.74, 6) is 0.534. The van der Waals surface area contributed by atoms with Gasteiger partial charge in [-0.2, -0.15) is 5.10 Å². The van der Waals surface area contributed by atoms with Crippen LogP contribution >= 0.6 is 0 Å². The molecule has 0 fully saturated rings. The number of aromatic nitrogens is 4. The van der Waals surface area contributed by atoms with Gasteiger partial charge in [-0.3, -0.25) is 4.68 Å². The SMILES string of the molecule is Cc1cc(-c2nnco2)ccc1NCc1ccnn1C. The molecule has 0 aliphatic carbocycles. The van der Waals surface area contributed by atoms with E-state index in [1.807, 2.05) is 42.9 Å². The fourth-order valence-corrected chi connectivity index (χ4v) is 2.05. The Kier molecular flexibility index (Phi) is 3.20. The van der Waals surface area contributed by atoms with Crippen molar-refractivity contribution in [3.05, 3.63) is 48.1 Å². The normalized spacial score (nSPS) is 10.7. The lowest BCUT2D eigenvalue weighted by Gasteiger charge is -2.10. The van der Waals surface area contributed by atoms with Crippen molar-refractivity contribution in [2.45, 2.75) is 13.5 Å². The van der Waals surface area contributed by atoms with Crippen molar-refractivity contribution in [3.63, 3.8) is 0 Å².